The van der Waals surface area contributed by atoms with E-state index in [1.807, 2.05) is 0 Å². The minimum absolute atomic E-state index is 0.361. The molecule has 2 unspecified atom stereocenters. The van der Waals surface area contributed by atoms with Crippen LogP contribution in [0, 0.1) is 11.8 Å². The molecule has 0 aromatic rings. The monoisotopic (exact) mass is 210 g/mol. The smallest absolute Gasteiger partial charge is 0.0357 e. The minimum Gasteiger partial charge on any atom is -0.329 e. The van der Waals surface area contributed by atoms with Crippen LogP contribution in [0.25, 0.3) is 0 Å². The summed E-state index contributed by atoms with van der Waals surface area (Å²) in [6, 6.07) is 0. The highest BCUT2D eigenvalue weighted by atomic mass is 15.2. The lowest BCUT2D eigenvalue weighted by Gasteiger charge is -2.47. The summed E-state index contributed by atoms with van der Waals surface area (Å²) >= 11 is 0. The van der Waals surface area contributed by atoms with Crippen LogP contribution in [-0.2, 0) is 0 Å². The van der Waals surface area contributed by atoms with E-state index in [0.717, 1.165) is 18.4 Å². The zero-order chi connectivity index (χ0) is 10.9. The number of likely N-dealkylation sites (tertiary alicyclic amines) is 1. The van der Waals surface area contributed by atoms with E-state index in [2.05, 4.69) is 18.7 Å². The summed E-state index contributed by atoms with van der Waals surface area (Å²) in [7, 11) is 0. The molecule has 0 aromatic heterocycles. The Morgan fingerprint density at radius 2 is 1.87 bits per heavy atom. The van der Waals surface area contributed by atoms with Crippen LogP contribution in [0.15, 0.2) is 0 Å². The summed E-state index contributed by atoms with van der Waals surface area (Å²) in [5, 5.41) is 0. The van der Waals surface area contributed by atoms with Gasteiger partial charge in [0.1, 0.15) is 0 Å². The maximum Gasteiger partial charge on any atom is 0.0357 e. The Kier molecular flexibility index (Phi) is 3.36. The topological polar surface area (TPSA) is 29.3 Å². The van der Waals surface area contributed by atoms with Crippen LogP contribution in [0.2, 0.25) is 0 Å². The molecule has 88 valence electrons. The molecule has 2 atom stereocenters. The van der Waals surface area contributed by atoms with E-state index in [0.29, 0.717) is 5.54 Å². The van der Waals surface area contributed by atoms with Gasteiger partial charge in [-0.25, -0.2) is 0 Å². The number of piperidine rings is 1. The van der Waals surface area contributed by atoms with Gasteiger partial charge in [0.2, 0.25) is 0 Å². The summed E-state index contributed by atoms with van der Waals surface area (Å²) in [6.07, 6.45) is 6.83. The van der Waals surface area contributed by atoms with E-state index >= 15 is 0 Å². The summed E-state index contributed by atoms with van der Waals surface area (Å²) in [6.45, 7) is 8.20. The van der Waals surface area contributed by atoms with Gasteiger partial charge in [-0.1, -0.05) is 20.3 Å². The van der Waals surface area contributed by atoms with Crippen molar-refractivity contribution in [3.63, 3.8) is 0 Å². The third-order valence-electron chi connectivity index (χ3n) is 4.93. The van der Waals surface area contributed by atoms with Gasteiger partial charge in [0.05, 0.1) is 0 Å². The van der Waals surface area contributed by atoms with E-state index in [1.165, 1.54) is 45.2 Å². The largest absolute Gasteiger partial charge is 0.329 e. The molecule has 2 heteroatoms. The van der Waals surface area contributed by atoms with E-state index in [4.69, 9.17) is 5.73 Å². The molecule has 2 nitrogen and oxygen atoms in total. The molecule has 1 saturated heterocycles. The molecular formula is C13H26N2. The molecule has 0 spiro atoms. The number of nitrogens with zero attached hydrogens (tertiary/aromatic N) is 1. The van der Waals surface area contributed by atoms with Crippen molar-refractivity contribution in [1.29, 1.82) is 0 Å². The summed E-state index contributed by atoms with van der Waals surface area (Å²) in [4.78, 5) is 2.71. The predicted molar refractivity (Wildman–Crippen MR) is 64.8 cm³/mol. The molecule has 0 amide bonds. The van der Waals surface area contributed by atoms with Crippen LogP contribution in [0.5, 0.6) is 0 Å². The van der Waals surface area contributed by atoms with Gasteiger partial charge in [0.25, 0.3) is 0 Å². The van der Waals surface area contributed by atoms with Crippen molar-refractivity contribution >= 4 is 0 Å². The van der Waals surface area contributed by atoms with Crippen LogP contribution in [0.1, 0.15) is 46.0 Å². The van der Waals surface area contributed by atoms with Gasteiger partial charge in [-0.2, -0.15) is 0 Å². The van der Waals surface area contributed by atoms with E-state index in [9.17, 15) is 0 Å². The molecule has 2 N–H and O–H groups in total. The van der Waals surface area contributed by atoms with Gasteiger partial charge < -0.3 is 5.73 Å². The Hall–Kier alpha value is -0.0800. The molecule has 1 saturated carbocycles. The molecule has 0 radical (unpaired) electrons. The normalized spacial score (nSPS) is 39.8. The molecule has 0 bridgehead atoms. The van der Waals surface area contributed by atoms with Crippen LogP contribution in [0.4, 0.5) is 0 Å². The van der Waals surface area contributed by atoms with Gasteiger partial charge in [0.15, 0.2) is 0 Å². The fourth-order valence-electron chi connectivity index (χ4n) is 3.59. The van der Waals surface area contributed by atoms with Crippen LogP contribution in [-0.4, -0.2) is 30.1 Å². The Bertz CT molecular complexity index is 209. The lowest BCUT2D eigenvalue weighted by Crippen LogP contribution is -2.57. The van der Waals surface area contributed by atoms with Crippen LogP contribution >= 0.6 is 0 Å². The Morgan fingerprint density at radius 3 is 2.33 bits per heavy atom. The maximum atomic E-state index is 6.08. The molecule has 15 heavy (non-hydrogen) atoms. The summed E-state index contributed by atoms with van der Waals surface area (Å²) < 4.78 is 0. The maximum absolute atomic E-state index is 6.08. The van der Waals surface area contributed by atoms with Crippen molar-refractivity contribution in [2.75, 3.05) is 19.6 Å². The highest BCUT2D eigenvalue weighted by Crippen LogP contribution is 2.41. The molecule has 0 aromatic carbocycles. The van der Waals surface area contributed by atoms with Crippen molar-refractivity contribution in [3.05, 3.63) is 0 Å². The molecular weight excluding hydrogens is 184 g/mol. The lowest BCUT2D eigenvalue weighted by molar-refractivity contribution is 0.0338. The number of rotatable bonds is 2. The average molecular weight is 210 g/mol. The highest BCUT2D eigenvalue weighted by Gasteiger charge is 2.44. The van der Waals surface area contributed by atoms with Crippen molar-refractivity contribution in [2.45, 2.75) is 51.5 Å². The van der Waals surface area contributed by atoms with Gasteiger partial charge >= 0.3 is 0 Å². The Labute approximate surface area is 94.2 Å². The zero-order valence-electron chi connectivity index (χ0n) is 10.3. The van der Waals surface area contributed by atoms with Gasteiger partial charge in [-0.05, 0) is 50.6 Å². The first kappa shape index (κ1) is 11.4. The fourth-order valence-corrected chi connectivity index (χ4v) is 3.59. The van der Waals surface area contributed by atoms with Crippen LogP contribution < -0.4 is 5.73 Å². The molecule has 1 heterocycles. The molecule has 1 aliphatic carbocycles. The van der Waals surface area contributed by atoms with Gasteiger partial charge in [-0.15, -0.1) is 0 Å². The van der Waals surface area contributed by atoms with E-state index < -0.39 is 0 Å². The SMILES string of the molecule is CC1CCN(C2(CN)CCCC2C)CC1. The Balaban J connectivity index is 2.06. The third kappa shape index (κ3) is 1.94. The third-order valence-corrected chi connectivity index (χ3v) is 4.93. The first-order valence-corrected chi connectivity index (χ1v) is 6.64. The molecule has 2 rings (SSSR count). The second kappa shape index (κ2) is 4.42. The van der Waals surface area contributed by atoms with Crippen molar-refractivity contribution in [1.82, 2.24) is 4.90 Å². The fraction of sp³-hybridized carbons (Fsp3) is 1.00. The lowest BCUT2D eigenvalue weighted by atomic mass is 9.83. The predicted octanol–water partition coefficient (Wildman–Crippen LogP) is 2.24. The average Bonchev–Trinajstić information content (AvgIpc) is 2.62. The van der Waals surface area contributed by atoms with E-state index in [1.54, 1.807) is 0 Å². The first-order valence-electron chi connectivity index (χ1n) is 6.64. The van der Waals surface area contributed by atoms with Crippen LogP contribution in [0.3, 0.4) is 0 Å². The van der Waals surface area contributed by atoms with E-state index in [-0.39, 0.29) is 0 Å². The second-order valence-electron chi connectivity index (χ2n) is 5.77. The number of hydrogen-bond donors (Lipinski definition) is 1. The minimum atomic E-state index is 0.361. The van der Waals surface area contributed by atoms with Crippen molar-refractivity contribution in [2.24, 2.45) is 17.6 Å². The first-order chi connectivity index (χ1) is 7.19. The molecule has 2 fully saturated rings. The highest BCUT2D eigenvalue weighted by molar-refractivity contribution is 5.01. The zero-order valence-corrected chi connectivity index (χ0v) is 10.3. The standard InChI is InChI=1S/C13H26N2/c1-11-5-8-15(9-6-11)13(10-14)7-3-4-12(13)2/h11-12H,3-10,14H2,1-2H3. The second-order valence-corrected chi connectivity index (χ2v) is 5.77. The quantitative estimate of drug-likeness (QED) is 0.757. The number of hydrogen-bond acceptors (Lipinski definition) is 2. The number of nitrogens with two attached hydrogens (primary N) is 1. The van der Waals surface area contributed by atoms with Gasteiger partial charge in [-0.3, -0.25) is 4.90 Å². The molecule has 1 aliphatic heterocycles. The molecule has 2 aliphatic rings. The van der Waals surface area contributed by atoms with Gasteiger partial charge in [0, 0.05) is 12.1 Å². The van der Waals surface area contributed by atoms with Crippen molar-refractivity contribution < 1.29 is 0 Å². The Morgan fingerprint density at radius 1 is 1.20 bits per heavy atom. The summed E-state index contributed by atoms with van der Waals surface area (Å²) in [5.74, 6) is 1.73. The van der Waals surface area contributed by atoms with Crippen molar-refractivity contribution in [3.8, 4) is 0 Å². The summed E-state index contributed by atoms with van der Waals surface area (Å²) in [5.41, 5.74) is 6.44.